The summed E-state index contributed by atoms with van der Waals surface area (Å²) in [7, 11) is 1.75. The Morgan fingerprint density at radius 1 is 1.17 bits per heavy atom. The van der Waals surface area contributed by atoms with Crippen LogP contribution in [0.1, 0.15) is 21.7 Å². The summed E-state index contributed by atoms with van der Waals surface area (Å²) in [4.78, 5) is 14.9. The molecule has 0 atom stereocenters. The Kier molecular flexibility index (Phi) is 4.15. The Balaban J connectivity index is 1.91. The van der Waals surface area contributed by atoms with Gasteiger partial charge in [-0.05, 0) is 48.6 Å². The lowest BCUT2D eigenvalue weighted by Gasteiger charge is -2.00. The second kappa shape index (κ2) is 6.41. The van der Waals surface area contributed by atoms with E-state index in [0.717, 1.165) is 11.3 Å². The molecule has 0 aliphatic heterocycles. The minimum atomic E-state index is -1.02. The van der Waals surface area contributed by atoms with E-state index in [1.165, 1.54) is 24.4 Å². The van der Waals surface area contributed by atoms with E-state index in [0.29, 0.717) is 11.4 Å². The zero-order chi connectivity index (χ0) is 17.1. The highest BCUT2D eigenvalue weighted by Crippen LogP contribution is 2.22. The van der Waals surface area contributed by atoms with Crippen molar-refractivity contribution >= 4 is 18.1 Å². The molecule has 0 amide bonds. The molecule has 0 radical (unpaired) electrons. The maximum Gasteiger partial charge on any atom is 0.337 e. The van der Waals surface area contributed by atoms with Gasteiger partial charge in [0.1, 0.15) is 11.5 Å². The van der Waals surface area contributed by atoms with Crippen LogP contribution in [0.4, 0.5) is 4.39 Å². The van der Waals surface area contributed by atoms with Crippen molar-refractivity contribution in [2.75, 3.05) is 0 Å². The molecule has 3 rings (SSSR count). The fraction of sp³-hybridized carbons (Fsp3) is 0.0588. The van der Waals surface area contributed by atoms with Gasteiger partial charge in [0.05, 0.1) is 17.0 Å². The van der Waals surface area contributed by atoms with Crippen LogP contribution < -0.4 is 0 Å². The summed E-state index contributed by atoms with van der Waals surface area (Å²) >= 11 is 0. The first-order valence-electron chi connectivity index (χ1n) is 7.07. The lowest BCUT2D eigenvalue weighted by molar-refractivity contribution is 0.0696. The van der Waals surface area contributed by atoms with Crippen molar-refractivity contribution in [3.05, 3.63) is 65.4 Å². The molecule has 0 aliphatic carbocycles. The second-order valence-corrected chi connectivity index (χ2v) is 5.06. The van der Waals surface area contributed by atoms with Crippen LogP contribution in [0.5, 0.6) is 0 Å². The number of nitrogens with zero attached hydrogens (tertiary/aromatic N) is 4. The van der Waals surface area contributed by atoms with Crippen LogP contribution >= 0.6 is 0 Å². The Morgan fingerprint density at radius 3 is 2.54 bits per heavy atom. The van der Waals surface area contributed by atoms with Crippen LogP contribution in [-0.4, -0.2) is 31.1 Å². The monoisotopic (exact) mass is 324 g/mol. The molecule has 24 heavy (non-hydrogen) atoms. The van der Waals surface area contributed by atoms with E-state index in [-0.39, 0.29) is 11.4 Å². The lowest BCUT2D eigenvalue weighted by Crippen LogP contribution is -1.97. The molecule has 2 heterocycles. The number of aromatic nitrogens is 4. The summed E-state index contributed by atoms with van der Waals surface area (Å²) in [6.07, 6.45) is 4.81. The minimum Gasteiger partial charge on any atom is -0.478 e. The zero-order valence-electron chi connectivity index (χ0n) is 12.7. The number of aromatic carboxylic acids is 1. The third-order valence-electron chi connectivity index (χ3n) is 3.43. The SMILES string of the molecule is Cn1nnc(-c2ccc(F)cc2)c1C=Cc1ccc(C(=O)O)cn1. The van der Waals surface area contributed by atoms with Crippen LogP contribution in [0.25, 0.3) is 23.4 Å². The molecule has 1 N–H and O–H groups in total. The molecule has 0 fully saturated rings. The predicted octanol–water partition coefficient (Wildman–Crippen LogP) is 2.88. The maximum atomic E-state index is 13.1. The van der Waals surface area contributed by atoms with E-state index in [2.05, 4.69) is 15.3 Å². The number of carbonyl (C=O) groups is 1. The van der Waals surface area contributed by atoms with Crippen molar-refractivity contribution < 1.29 is 14.3 Å². The largest absolute Gasteiger partial charge is 0.478 e. The molecule has 2 aromatic heterocycles. The summed E-state index contributed by atoms with van der Waals surface area (Å²) in [6, 6.07) is 9.10. The highest BCUT2D eigenvalue weighted by Gasteiger charge is 2.10. The summed E-state index contributed by atoms with van der Waals surface area (Å²) in [6.45, 7) is 0. The fourth-order valence-electron chi connectivity index (χ4n) is 2.16. The van der Waals surface area contributed by atoms with Crippen LogP contribution in [0.3, 0.4) is 0 Å². The highest BCUT2D eigenvalue weighted by molar-refractivity contribution is 5.87. The van der Waals surface area contributed by atoms with Crippen molar-refractivity contribution in [2.45, 2.75) is 0 Å². The van der Waals surface area contributed by atoms with Gasteiger partial charge >= 0.3 is 5.97 Å². The third kappa shape index (κ3) is 3.19. The average molecular weight is 324 g/mol. The summed E-state index contributed by atoms with van der Waals surface area (Å²) in [5.74, 6) is -1.34. The van der Waals surface area contributed by atoms with E-state index < -0.39 is 5.97 Å². The van der Waals surface area contributed by atoms with Crippen molar-refractivity contribution in [3.63, 3.8) is 0 Å². The highest BCUT2D eigenvalue weighted by atomic mass is 19.1. The van der Waals surface area contributed by atoms with Crippen LogP contribution in [0, 0.1) is 5.82 Å². The number of pyridine rings is 1. The Labute approximate surface area is 136 Å². The molecule has 0 saturated carbocycles. The van der Waals surface area contributed by atoms with E-state index in [1.807, 2.05) is 0 Å². The number of carboxylic acid groups (broad SMARTS) is 1. The molecule has 7 heteroatoms. The maximum absolute atomic E-state index is 13.1. The standard InChI is InChI=1S/C17H13FN4O2/c1-22-15(9-8-14-7-4-12(10-19-14)17(23)24)16(20-21-22)11-2-5-13(18)6-3-11/h2-10H,1H3,(H,23,24). The van der Waals surface area contributed by atoms with E-state index in [9.17, 15) is 9.18 Å². The molecule has 1 aromatic carbocycles. The second-order valence-electron chi connectivity index (χ2n) is 5.06. The molecule has 0 spiro atoms. The molecule has 0 unspecified atom stereocenters. The predicted molar refractivity (Wildman–Crippen MR) is 86.5 cm³/mol. The summed E-state index contributed by atoms with van der Waals surface area (Å²) < 4.78 is 14.7. The molecule has 120 valence electrons. The van der Waals surface area contributed by atoms with Gasteiger partial charge < -0.3 is 5.11 Å². The van der Waals surface area contributed by atoms with Crippen molar-refractivity contribution in [2.24, 2.45) is 7.05 Å². The minimum absolute atomic E-state index is 0.126. The molecule has 0 saturated heterocycles. The lowest BCUT2D eigenvalue weighted by atomic mass is 10.1. The normalized spacial score (nSPS) is 11.1. The van der Waals surface area contributed by atoms with Crippen molar-refractivity contribution in [1.82, 2.24) is 20.0 Å². The molecule has 0 aliphatic rings. The Hall–Kier alpha value is -3.35. The first kappa shape index (κ1) is 15.5. The number of carboxylic acids is 1. The fourth-order valence-corrected chi connectivity index (χ4v) is 2.16. The number of benzene rings is 1. The summed E-state index contributed by atoms with van der Waals surface area (Å²) in [5, 5.41) is 17.0. The van der Waals surface area contributed by atoms with Crippen molar-refractivity contribution in [3.8, 4) is 11.3 Å². The Bertz CT molecular complexity index is 899. The smallest absolute Gasteiger partial charge is 0.337 e. The zero-order valence-corrected chi connectivity index (χ0v) is 12.7. The van der Waals surface area contributed by atoms with Crippen LogP contribution in [0.15, 0.2) is 42.6 Å². The average Bonchev–Trinajstić information content (AvgIpc) is 2.95. The van der Waals surface area contributed by atoms with Gasteiger partial charge in [0.2, 0.25) is 0 Å². The first-order chi connectivity index (χ1) is 11.5. The van der Waals surface area contributed by atoms with Gasteiger partial charge in [0.15, 0.2) is 0 Å². The van der Waals surface area contributed by atoms with Gasteiger partial charge in [-0.15, -0.1) is 5.10 Å². The van der Waals surface area contributed by atoms with Gasteiger partial charge in [-0.3, -0.25) is 4.98 Å². The molecular weight excluding hydrogens is 311 g/mol. The topological polar surface area (TPSA) is 80.9 Å². The van der Waals surface area contributed by atoms with Crippen molar-refractivity contribution in [1.29, 1.82) is 0 Å². The number of halogens is 1. The van der Waals surface area contributed by atoms with Gasteiger partial charge in [0.25, 0.3) is 0 Å². The van der Waals surface area contributed by atoms with Crippen LogP contribution in [-0.2, 0) is 7.05 Å². The molecule has 6 nitrogen and oxygen atoms in total. The van der Waals surface area contributed by atoms with Gasteiger partial charge in [-0.25, -0.2) is 13.9 Å². The van der Waals surface area contributed by atoms with E-state index in [1.54, 1.807) is 42.1 Å². The first-order valence-corrected chi connectivity index (χ1v) is 7.07. The number of rotatable bonds is 4. The third-order valence-corrected chi connectivity index (χ3v) is 3.43. The molecular formula is C17H13FN4O2. The van der Waals surface area contributed by atoms with E-state index >= 15 is 0 Å². The number of hydrogen-bond acceptors (Lipinski definition) is 4. The molecule has 0 bridgehead atoms. The Morgan fingerprint density at radius 2 is 1.92 bits per heavy atom. The van der Waals surface area contributed by atoms with Crippen LogP contribution in [0.2, 0.25) is 0 Å². The van der Waals surface area contributed by atoms with Gasteiger partial charge in [-0.1, -0.05) is 5.21 Å². The number of hydrogen-bond donors (Lipinski definition) is 1. The molecule has 3 aromatic rings. The van der Waals surface area contributed by atoms with Gasteiger partial charge in [-0.2, -0.15) is 0 Å². The quantitative estimate of drug-likeness (QED) is 0.798. The van der Waals surface area contributed by atoms with E-state index in [4.69, 9.17) is 5.11 Å². The van der Waals surface area contributed by atoms with Gasteiger partial charge in [0, 0.05) is 18.8 Å². The number of aryl methyl sites for hydroxylation is 1. The summed E-state index contributed by atoms with van der Waals surface area (Å²) in [5.41, 5.74) is 2.83.